The minimum Gasteiger partial charge on any atom is -0.397 e. The Kier molecular flexibility index (Phi) is 4.78. The number of nitrogen functional groups attached to an aromatic ring is 1. The number of hydrogen-bond acceptors (Lipinski definition) is 3. The van der Waals surface area contributed by atoms with Crippen LogP contribution in [0.1, 0.15) is 6.42 Å². The summed E-state index contributed by atoms with van der Waals surface area (Å²) in [4.78, 5) is 11.4. The van der Waals surface area contributed by atoms with E-state index in [9.17, 15) is 4.79 Å². The van der Waals surface area contributed by atoms with E-state index < -0.39 is 0 Å². The summed E-state index contributed by atoms with van der Waals surface area (Å²) >= 11 is 7.53. The number of nitrogens with two attached hydrogens (primary N) is 1. The molecule has 1 rings (SSSR count). The fourth-order valence-electron chi connectivity index (χ4n) is 1.07. The van der Waals surface area contributed by atoms with Crippen molar-refractivity contribution in [2.24, 2.45) is 0 Å². The molecule has 0 atom stereocenters. The highest BCUT2D eigenvalue weighted by Gasteiger charge is 2.07. The molecule has 0 aliphatic rings. The van der Waals surface area contributed by atoms with Crippen LogP contribution >= 0.6 is 23.4 Å². The number of nitrogens with one attached hydrogen (secondary N) is 1. The molecular formula is C10H13ClN2OS. The summed E-state index contributed by atoms with van der Waals surface area (Å²) in [5.74, 6) is 0.722. The minimum absolute atomic E-state index is 0.0656. The van der Waals surface area contributed by atoms with Gasteiger partial charge in [0.05, 0.1) is 16.4 Å². The summed E-state index contributed by atoms with van der Waals surface area (Å²) in [5.41, 5.74) is 6.68. The maximum Gasteiger partial charge on any atom is 0.225 e. The van der Waals surface area contributed by atoms with Crippen LogP contribution < -0.4 is 11.1 Å². The van der Waals surface area contributed by atoms with Gasteiger partial charge in [0.1, 0.15) is 0 Å². The molecule has 1 aromatic rings. The minimum atomic E-state index is -0.0656. The maximum atomic E-state index is 11.4. The molecule has 15 heavy (non-hydrogen) atoms. The molecule has 82 valence electrons. The predicted molar refractivity (Wildman–Crippen MR) is 67.5 cm³/mol. The Morgan fingerprint density at radius 3 is 2.93 bits per heavy atom. The van der Waals surface area contributed by atoms with Crippen molar-refractivity contribution in [1.82, 2.24) is 0 Å². The van der Waals surface area contributed by atoms with Gasteiger partial charge in [0, 0.05) is 12.2 Å². The molecule has 0 aliphatic carbocycles. The van der Waals surface area contributed by atoms with Gasteiger partial charge in [0.15, 0.2) is 0 Å². The first-order valence-electron chi connectivity index (χ1n) is 4.48. The van der Waals surface area contributed by atoms with E-state index in [1.54, 1.807) is 30.0 Å². The van der Waals surface area contributed by atoms with Crippen molar-refractivity contribution < 1.29 is 4.79 Å². The topological polar surface area (TPSA) is 55.1 Å². The zero-order valence-corrected chi connectivity index (χ0v) is 9.99. The molecule has 1 aromatic carbocycles. The fraction of sp³-hybridized carbons (Fsp3) is 0.300. The van der Waals surface area contributed by atoms with E-state index in [0.717, 1.165) is 5.75 Å². The van der Waals surface area contributed by atoms with E-state index in [-0.39, 0.29) is 5.91 Å². The van der Waals surface area contributed by atoms with Crippen LogP contribution in [0.4, 0.5) is 11.4 Å². The number of anilines is 2. The van der Waals surface area contributed by atoms with Crippen molar-refractivity contribution in [3.05, 3.63) is 23.2 Å². The van der Waals surface area contributed by atoms with Gasteiger partial charge in [-0.3, -0.25) is 4.79 Å². The third-order valence-corrected chi connectivity index (χ3v) is 2.77. The molecule has 0 aliphatic heterocycles. The van der Waals surface area contributed by atoms with Gasteiger partial charge in [-0.15, -0.1) is 0 Å². The van der Waals surface area contributed by atoms with E-state index in [1.165, 1.54) is 0 Å². The molecular weight excluding hydrogens is 232 g/mol. The van der Waals surface area contributed by atoms with E-state index in [0.29, 0.717) is 22.8 Å². The normalized spacial score (nSPS) is 10.0. The lowest BCUT2D eigenvalue weighted by molar-refractivity contribution is -0.115. The van der Waals surface area contributed by atoms with Crippen LogP contribution in [0, 0.1) is 0 Å². The Hall–Kier alpha value is -0.870. The molecule has 0 aromatic heterocycles. The third-order valence-electron chi connectivity index (χ3n) is 1.84. The zero-order valence-electron chi connectivity index (χ0n) is 8.42. The number of para-hydroxylation sites is 1. The quantitative estimate of drug-likeness (QED) is 0.801. The highest BCUT2D eigenvalue weighted by molar-refractivity contribution is 7.98. The van der Waals surface area contributed by atoms with Gasteiger partial charge in [-0.2, -0.15) is 11.8 Å². The van der Waals surface area contributed by atoms with E-state index >= 15 is 0 Å². The van der Waals surface area contributed by atoms with Gasteiger partial charge in [-0.25, -0.2) is 0 Å². The highest BCUT2D eigenvalue weighted by atomic mass is 35.5. The molecule has 0 fully saturated rings. The monoisotopic (exact) mass is 244 g/mol. The largest absolute Gasteiger partial charge is 0.397 e. The van der Waals surface area contributed by atoms with Crippen LogP contribution in [0.15, 0.2) is 18.2 Å². The van der Waals surface area contributed by atoms with Gasteiger partial charge in [-0.05, 0) is 18.4 Å². The van der Waals surface area contributed by atoms with Crippen molar-refractivity contribution in [1.29, 1.82) is 0 Å². The van der Waals surface area contributed by atoms with Crippen molar-refractivity contribution >= 4 is 40.6 Å². The number of thioether (sulfide) groups is 1. The molecule has 0 heterocycles. The Morgan fingerprint density at radius 2 is 2.33 bits per heavy atom. The van der Waals surface area contributed by atoms with Crippen LogP contribution in [0.2, 0.25) is 5.02 Å². The first-order valence-corrected chi connectivity index (χ1v) is 6.25. The Labute approximate surface area is 98.4 Å². The number of carbonyl (C=O) groups excluding carboxylic acids is 1. The number of amides is 1. The number of carbonyl (C=O) groups is 1. The second-order valence-electron chi connectivity index (χ2n) is 3.00. The lowest BCUT2D eigenvalue weighted by Gasteiger charge is -2.09. The first-order chi connectivity index (χ1) is 7.15. The van der Waals surface area contributed by atoms with Crippen molar-refractivity contribution in [3.8, 4) is 0 Å². The van der Waals surface area contributed by atoms with Crippen LogP contribution in [-0.4, -0.2) is 17.9 Å². The average Bonchev–Trinajstić information content (AvgIpc) is 2.21. The lowest BCUT2D eigenvalue weighted by atomic mass is 10.2. The highest BCUT2D eigenvalue weighted by Crippen LogP contribution is 2.27. The van der Waals surface area contributed by atoms with E-state index in [1.807, 2.05) is 6.26 Å². The molecule has 3 nitrogen and oxygen atoms in total. The van der Waals surface area contributed by atoms with Crippen LogP contribution in [0.3, 0.4) is 0 Å². The second kappa shape index (κ2) is 5.88. The number of hydrogen-bond donors (Lipinski definition) is 2. The molecule has 0 bridgehead atoms. The summed E-state index contributed by atoms with van der Waals surface area (Å²) in [7, 11) is 0. The Bertz CT molecular complexity index is 337. The predicted octanol–water partition coefficient (Wildman–Crippen LogP) is 2.61. The number of halogens is 1. The summed E-state index contributed by atoms with van der Waals surface area (Å²) in [5, 5.41) is 3.17. The zero-order chi connectivity index (χ0) is 11.3. The van der Waals surface area contributed by atoms with Gasteiger partial charge in [-0.1, -0.05) is 17.7 Å². The summed E-state index contributed by atoms with van der Waals surface area (Å²) < 4.78 is 0. The van der Waals surface area contributed by atoms with E-state index in [2.05, 4.69) is 5.32 Å². The van der Waals surface area contributed by atoms with Crippen LogP contribution in [0.5, 0.6) is 0 Å². The molecule has 3 N–H and O–H groups in total. The second-order valence-corrected chi connectivity index (χ2v) is 4.39. The maximum absolute atomic E-state index is 11.4. The molecule has 1 amide bonds. The van der Waals surface area contributed by atoms with Crippen molar-refractivity contribution in [2.45, 2.75) is 6.42 Å². The molecule has 0 saturated heterocycles. The molecule has 5 heteroatoms. The summed E-state index contributed by atoms with van der Waals surface area (Å²) in [6, 6.07) is 5.15. The SMILES string of the molecule is CSCCC(=O)Nc1c(N)cccc1Cl. The van der Waals surface area contributed by atoms with E-state index in [4.69, 9.17) is 17.3 Å². The van der Waals surface area contributed by atoms with Crippen LogP contribution in [-0.2, 0) is 4.79 Å². The van der Waals surface area contributed by atoms with Gasteiger partial charge < -0.3 is 11.1 Å². The molecule has 0 unspecified atom stereocenters. The standard InChI is InChI=1S/C10H13ClN2OS/c1-15-6-5-9(14)13-10-7(11)3-2-4-8(10)12/h2-4H,5-6,12H2,1H3,(H,13,14). The first kappa shape index (κ1) is 12.2. The van der Waals surface area contributed by atoms with Crippen molar-refractivity contribution in [3.63, 3.8) is 0 Å². The van der Waals surface area contributed by atoms with Gasteiger partial charge in [0.2, 0.25) is 5.91 Å². The smallest absolute Gasteiger partial charge is 0.225 e. The molecule has 0 radical (unpaired) electrons. The summed E-state index contributed by atoms with van der Waals surface area (Å²) in [6.45, 7) is 0. The third kappa shape index (κ3) is 3.64. The van der Waals surface area contributed by atoms with Gasteiger partial charge in [0.25, 0.3) is 0 Å². The van der Waals surface area contributed by atoms with Gasteiger partial charge >= 0.3 is 0 Å². The number of benzene rings is 1. The fourth-order valence-corrected chi connectivity index (χ4v) is 1.69. The average molecular weight is 245 g/mol. The number of rotatable bonds is 4. The summed E-state index contributed by atoms with van der Waals surface area (Å²) in [6.07, 6.45) is 2.42. The Balaban J connectivity index is 2.68. The van der Waals surface area contributed by atoms with Crippen molar-refractivity contribution in [2.75, 3.05) is 23.1 Å². The Morgan fingerprint density at radius 1 is 1.60 bits per heavy atom. The molecule has 0 spiro atoms. The lowest BCUT2D eigenvalue weighted by Crippen LogP contribution is -2.13. The van der Waals surface area contributed by atoms with Crippen LogP contribution in [0.25, 0.3) is 0 Å². The molecule has 0 saturated carbocycles.